The van der Waals surface area contributed by atoms with Gasteiger partial charge in [-0.3, -0.25) is 9.69 Å². The van der Waals surface area contributed by atoms with Crippen LogP contribution in [0.2, 0.25) is 5.02 Å². The monoisotopic (exact) mass is 412 g/mol. The number of ether oxygens (including phenoxy) is 1. The summed E-state index contributed by atoms with van der Waals surface area (Å²) in [6, 6.07) is 12.8. The summed E-state index contributed by atoms with van der Waals surface area (Å²) in [4.78, 5) is 14.8. The minimum atomic E-state index is -4.74. The second-order valence-electron chi connectivity index (χ2n) is 6.73. The predicted octanol–water partition coefficient (Wildman–Crippen LogP) is 5.09. The molecule has 28 heavy (non-hydrogen) atoms. The molecule has 1 heterocycles. The summed E-state index contributed by atoms with van der Waals surface area (Å²) >= 11 is 6.22. The highest BCUT2D eigenvalue weighted by atomic mass is 35.5. The summed E-state index contributed by atoms with van der Waals surface area (Å²) in [5.74, 6) is -0.662. The molecule has 0 aromatic heterocycles. The quantitative estimate of drug-likeness (QED) is 0.743. The number of halogens is 4. The number of carbonyl (C=O) groups excluding carboxylic acids is 1. The number of rotatable bonds is 5. The molecule has 3 rings (SSSR count). The SMILES string of the molecule is O=C(Nc1ccc(OC(F)(F)F)cc1)C1CCCN(Cc2ccccc2Cl)C1. The molecule has 1 unspecified atom stereocenters. The maximum atomic E-state index is 12.6. The molecule has 1 N–H and O–H groups in total. The van der Waals surface area contributed by atoms with Crippen molar-refractivity contribution in [3.05, 3.63) is 59.1 Å². The zero-order chi connectivity index (χ0) is 20.1. The number of nitrogens with one attached hydrogen (secondary N) is 1. The molecular weight excluding hydrogens is 393 g/mol. The Morgan fingerprint density at radius 2 is 1.89 bits per heavy atom. The van der Waals surface area contributed by atoms with Crippen molar-refractivity contribution in [2.24, 2.45) is 5.92 Å². The molecule has 8 heteroatoms. The van der Waals surface area contributed by atoms with Gasteiger partial charge in [-0.15, -0.1) is 13.2 Å². The summed E-state index contributed by atoms with van der Waals surface area (Å²) in [6.07, 6.45) is -3.08. The molecule has 1 aliphatic heterocycles. The van der Waals surface area contributed by atoms with Crippen molar-refractivity contribution in [1.29, 1.82) is 0 Å². The molecule has 0 bridgehead atoms. The second-order valence-corrected chi connectivity index (χ2v) is 7.13. The number of carbonyl (C=O) groups is 1. The van der Waals surface area contributed by atoms with Crippen molar-refractivity contribution >= 4 is 23.2 Å². The molecule has 1 aliphatic rings. The van der Waals surface area contributed by atoms with E-state index in [9.17, 15) is 18.0 Å². The minimum absolute atomic E-state index is 0.145. The Hall–Kier alpha value is -2.25. The lowest BCUT2D eigenvalue weighted by atomic mass is 9.96. The fourth-order valence-corrected chi connectivity index (χ4v) is 3.46. The Kier molecular flexibility index (Phi) is 6.46. The smallest absolute Gasteiger partial charge is 0.406 e. The van der Waals surface area contributed by atoms with E-state index in [-0.39, 0.29) is 17.6 Å². The van der Waals surface area contributed by atoms with E-state index in [1.807, 2.05) is 24.3 Å². The van der Waals surface area contributed by atoms with E-state index in [1.165, 1.54) is 24.3 Å². The Balaban J connectivity index is 1.56. The number of nitrogens with zero attached hydrogens (tertiary/aromatic N) is 1. The van der Waals surface area contributed by atoms with Crippen LogP contribution in [0, 0.1) is 5.92 Å². The van der Waals surface area contributed by atoms with Crippen molar-refractivity contribution in [1.82, 2.24) is 4.90 Å². The second kappa shape index (κ2) is 8.84. The van der Waals surface area contributed by atoms with Crippen molar-refractivity contribution < 1.29 is 22.7 Å². The summed E-state index contributed by atoms with van der Waals surface area (Å²) in [5, 5.41) is 3.47. The maximum absolute atomic E-state index is 12.6. The standard InChI is InChI=1S/C20H20ClF3N2O2/c21-18-6-2-1-4-14(18)12-26-11-3-5-15(13-26)19(27)25-16-7-9-17(10-8-16)28-20(22,23)24/h1-2,4,6-10,15H,3,5,11-13H2,(H,25,27). The zero-order valence-corrected chi connectivity index (χ0v) is 15.8. The molecule has 0 saturated carbocycles. The average molecular weight is 413 g/mol. The first-order valence-corrected chi connectivity index (χ1v) is 9.30. The topological polar surface area (TPSA) is 41.6 Å². The van der Waals surface area contributed by atoms with Gasteiger partial charge in [0.2, 0.25) is 5.91 Å². The van der Waals surface area contributed by atoms with Gasteiger partial charge in [-0.25, -0.2) is 0 Å². The molecule has 0 aliphatic carbocycles. The Bertz CT molecular complexity index is 812. The number of hydrogen-bond donors (Lipinski definition) is 1. The largest absolute Gasteiger partial charge is 0.573 e. The van der Waals surface area contributed by atoms with E-state index in [4.69, 9.17) is 11.6 Å². The van der Waals surface area contributed by atoms with Gasteiger partial charge in [0.1, 0.15) is 5.75 Å². The highest BCUT2D eigenvalue weighted by Crippen LogP contribution is 2.26. The molecule has 1 fully saturated rings. The fraction of sp³-hybridized carbons (Fsp3) is 0.350. The zero-order valence-electron chi connectivity index (χ0n) is 15.0. The average Bonchev–Trinajstić information content (AvgIpc) is 2.64. The van der Waals surface area contributed by atoms with Gasteiger partial charge >= 0.3 is 6.36 Å². The van der Waals surface area contributed by atoms with E-state index in [2.05, 4.69) is 15.0 Å². The molecule has 2 aromatic carbocycles. The Morgan fingerprint density at radius 3 is 2.57 bits per heavy atom. The molecule has 1 saturated heterocycles. The summed E-state index contributed by atoms with van der Waals surface area (Å²) < 4.78 is 40.5. The highest BCUT2D eigenvalue weighted by molar-refractivity contribution is 6.31. The van der Waals surface area contributed by atoms with Gasteiger partial charge in [-0.1, -0.05) is 29.8 Å². The van der Waals surface area contributed by atoms with Crippen molar-refractivity contribution in [3.8, 4) is 5.75 Å². The first-order valence-electron chi connectivity index (χ1n) is 8.92. The van der Waals surface area contributed by atoms with Crippen LogP contribution in [0.1, 0.15) is 18.4 Å². The van der Waals surface area contributed by atoms with Gasteiger partial charge in [0, 0.05) is 23.8 Å². The lowest BCUT2D eigenvalue weighted by Crippen LogP contribution is -2.40. The van der Waals surface area contributed by atoms with Gasteiger partial charge in [-0.05, 0) is 55.3 Å². The maximum Gasteiger partial charge on any atom is 0.573 e. The third-order valence-corrected chi connectivity index (χ3v) is 4.95. The lowest BCUT2D eigenvalue weighted by molar-refractivity contribution is -0.274. The Morgan fingerprint density at radius 1 is 1.18 bits per heavy atom. The first-order chi connectivity index (χ1) is 13.3. The van der Waals surface area contributed by atoms with Gasteiger partial charge in [0.15, 0.2) is 0 Å². The third-order valence-electron chi connectivity index (χ3n) is 4.58. The number of hydrogen-bond acceptors (Lipinski definition) is 3. The first kappa shape index (κ1) is 20.5. The van der Waals surface area contributed by atoms with Crippen LogP contribution in [0.4, 0.5) is 18.9 Å². The van der Waals surface area contributed by atoms with E-state index in [0.717, 1.165) is 24.9 Å². The van der Waals surface area contributed by atoms with Crippen LogP contribution in [0.15, 0.2) is 48.5 Å². The molecule has 0 spiro atoms. The number of likely N-dealkylation sites (tertiary alicyclic amines) is 1. The van der Waals surface area contributed by atoms with Gasteiger partial charge in [0.25, 0.3) is 0 Å². The van der Waals surface area contributed by atoms with Crippen LogP contribution in [-0.4, -0.2) is 30.3 Å². The molecular formula is C20H20ClF3N2O2. The van der Waals surface area contributed by atoms with E-state index in [1.54, 1.807) is 0 Å². The van der Waals surface area contributed by atoms with E-state index in [0.29, 0.717) is 23.8 Å². The van der Waals surface area contributed by atoms with Crippen LogP contribution in [0.25, 0.3) is 0 Å². The molecule has 2 aromatic rings. The Labute approximate surface area is 166 Å². The number of amides is 1. The minimum Gasteiger partial charge on any atom is -0.406 e. The number of piperidine rings is 1. The third kappa shape index (κ3) is 5.87. The van der Waals surface area contributed by atoms with E-state index < -0.39 is 6.36 Å². The lowest BCUT2D eigenvalue weighted by Gasteiger charge is -2.32. The fourth-order valence-electron chi connectivity index (χ4n) is 3.26. The van der Waals surface area contributed by atoms with E-state index >= 15 is 0 Å². The molecule has 1 atom stereocenters. The van der Waals surface area contributed by atoms with Crippen molar-refractivity contribution in [3.63, 3.8) is 0 Å². The summed E-state index contributed by atoms with van der Waals surface area (Å²) in [7, 11) is 0. The highest BCUT2D eigenvalue weighted by Gasteiger charge is 2.31. The molecule has 4 nitrogen and oxygen atoms in total. The van der Waals surface area contributed by atoms with Crippen LogP contribution in [-0.2, 0) is 11.3 Å². The number of anilines is 1. The van der Waals surface area contributed by atoms with Crippen molar-refractivity contribution in [2.45, 2.75) is 25.7 Å². The predicted molar refractivity (Wildman–Crippen MR) is 101 cm³/mol. The van der Waals surface area contributed by atoms with Gasteiger partial charge in [-0.2, -0.15) is 0 Å². The summed E-state index contributed by atoms with van der Waals surface area (Å²) in [6.45, 7) is 2.16. The van der Waals surface area contributed by atoms with Crippen LogP contribution in [0.3, 0.4) is 0 Å². The van der Waals surface area contributed by atoms with Gasteiger partial charge in [0.05, 0.1) is 5.92 Å². The molecule has 1 amide bonds. The normalized spacial score (nSPS) is 17.9. The van der Waals surface area contributed by atoms with Gasteiger partial charge < -0.3 is 10.1 Å². The van der Waals surface area contributed by atoms with Crippen LogP contribution >= 0.6 is 11.6 Å². The van der Waals surface area contributed by atoms with Crippen LogP contribution in [0.5, 0.6) is 5.75 Å². The number of benzene rings is 2. The molecule has 0 radical (unpaired) electrons. The van der Waals surface area contributed by atoms with Crippen LogP contribution < -0.4 is 10.1 Å². The molecule has 150 valence electrons. The summed E-state index contributed by atoms with van der Waals surface area (Å²) in [5.41, 5.74) is 1.45. The number of alkyl halides is 3. The van der Waals surface area contributed by atoms with Crippen molar-refractivity contribution in [2.75, 3.05) is 18.4 Å².